The first-order valence-electron chi connectivity index (χ1n) is 6.49. The lowest BCUT2D eigenvalue weighted by Gasteiger charge is -2.33. The van der Waals surface area contributed by atoms with Crippen LogP contribution in [0.2, 0.25) is 5.02 Å². The first-order valence-corrected chi connectivity index (χ1v) is 6.87. The van der Waals surface area contributed by atoms with Crippen molar-refractivity contribution >= 4 is 23.4 Å². The summed E-state index contributed by atoms with van der Waals surface area (Å²) in [6.45, 7) is 1.51. The maximum atomic E-state index is 12.0. The van der Waals surface area contributed by atoms with Gasteiger partial charge in [0.1, 0.15) is 6.10 Å². The Labute approximate surface area is 122 Å². The number of carbonyl (C=O) groups is 2. The molecule has 5 nitrogen and oxygen atoms in total. The first kappa shape index (κ1) is 14.8. The van der Waals surface area contributed by atoms with Crippen molar-refractivity contribution in [3.05, 3.63) is 34.9 Å². The molecule has 0 spiro atoms. The SMILES string of the molecule is NC(=O)CCC(=O)N1CCO[C@@H](c2ccc(Cl)cc2)C1. The molecule has 0 aliphatic carbocycles. The molecule has 2 rings (SSSR count). The molecule has 1 saturated heterocycles. The lowest BCUT2D eigenvalue weighted by molar-refractivity contribution is -0.140. The van der Waals surface area contributed by atoms with Crippen LogP contribution in [0.15, 0.2) is 24.3 Å². The van der Waals surface area contributed by atoms with Gasteiger partial charge in [0, 0.05) is 24.4 Å². The summed E-state index contributed by atoms with van der Waals surface area (Å²) in [6, 6.07) is 7.39. The minimum Gasteiger partial charge on any atom is -0.370 e. The number of nitrogens with zero attached hydrogens (tertiary/aromatic N) is 1. The van der Waals surface area contributed by atoms with Gasteiger partial charge in [-0.05, 0) is 17.7 Å². The van der Waals surface area contributed by atoms with Crippen molar-refractivity contribution in [2.24, 2.45) is 5.73 Å². The molecule has 0 unspecified atom stereocenters. The lowest BCUT2D eigenvalue weighted by atomic mass is 10.1. The molecule has 1 aliphatic heterocycles. The lowest BCUT2D eigenvalue weighted by Crippen LogP contribution is -2.42. The number of halogens is 1. The van der Waals surface area contributed by atoms with Crippen LogP contribution in [0.25, 0.3) is 0 Å². The van der Waals surface area contributed by atoms with E-state index in [1.807, 2.05) is 12.1 Å². The topological polar surface area (TPSA) is 72.6 Å². The molecule has 0 aromatic heterocycles. The van der Waals surface area contributed by atoms with E-state index in [1.54, 1.807) is 17.0 Å². The van der Waals surface area contributed by atoms with E-state index in [4.69, 9.17) is 22.1 Å². The quantitative estimate of drug-likeness (QED) is 0.915. The minimum absolute atomic E-state index is 0.0638. The average molecular weight is 297 g/mol. The summed E-state index contributed by atoms with van der Waals surface area (Å²) in [5.74, 6) is -0.521. The molecular formula is C14H17ClN2O3. The van der Waals surface area contributed by atoms with Crippen molar-refractivity contribution in [3.8, 4) is 0 Å². The molecular weight excluding hydrogens is 280 g/mol. The van der Waals surface area contributed by atoms with Gasteiger partial charge >= 0.3 is 0 Å². The number of morpholine rings is 1. The Balaban J connectivity index is 1.96. The Morgan fingerprint density at radius 3 is 2.65 bits per heavy atom. The molecule has 1 aliphatic rings. The smallest absolute Gasteiger partial charge is 0.223 e. The zero-order chi connectivity index (χ0) is 14.5. The summed E-state index contributed by atoms with van der Waals surface area (Å²) in [5, 5.41) is 0.666. The molecule has 1 atom stereocenters. The molecule has 1 aromatic carbocycles. The summed E-state index contributed by atoms with van der Waals surface area (Å²) in [4.78, 5) is 24.4. The van der Waals surface area contributed by atoms with Gasteiger partial charge in [0.2, 0.25) is 11.8 Å². The maximum absolute atomic E-state index is 12.0. The molecule has 6 heteroatoms. The second kappa shape index (κ2) is 6.72. The van der Waals surface area contributed by atoms with Gasteiger partial charge < -0.3 is 15.4 Å². The minimum atomic E-state index is -0.458. The number of benzene rings is 1. The van der Waals surface area contributed by atoms with Crippen LogP contribution in [0, 0.1) is 0 Å². The van der Waals surface area contributed by atoms with Crippen molar-refractivity contribution in [2.45, 2.75) is 18.9 Å². The van der Waals surface area contributed by atoms with E-state index in [1.165, 1.54) is 0 Å². The molecule has 0 saturated carbocycles. The van der Waals surface area contributed by atoms with E-state index in [0.29, 0.717) is 24.7 Å². The Bertz CT molecular complexity index is 490. The number of hydrogen-bond acceptors (Lipinski definition) is 3. The Kier molecular flexibility index (Phi) is 4.98. The summed E-state index contributed by atoms with van der Waals surface area (Å²) in [7, 11) is 0. The average Bonchev–Trinajstić information content (AvgIpc) is 2.45. The van der Waals surface area contributed by atoms with E-state index in [9.17, 15) is 9.59 Å². The van der Waals surface area contributed by atoms with E-state index in [0.717, 1.165) is 5.56 Å². The van der Waals surface area contributed by atoms with Gasteiger partial charge in [-0.3, -0.25) is 9.59 Å². The van der Waals surface area contributed by atoms with Crippen molar-refractivity contribution in [3.63, 3.8) is 0 Å². The fraction of sp³-hybridized carbons (Fsp3) is 0.429. The van der Waals surface area contributed by atoms with E-state index >= 15 is 0 Å². The van der Waals surface area contributed by atoms with Crippen LogP contribution >= 0.6 is 11.6 Å². The summed E-state index contributed by atoms with van der Waals surface area (Å²) in [5.41, 5.74) is 6.04. The van der Waals surface area contributed by atoms with Crippen LogP contribution in [0.1, 0.15) is 24.5 Å². The Morgan fingerprint density at radius 1 is 1.30 bits per heavy atom. The predicted octanol–water partition coefficient (Wildman–Crippen LogP) is 1.51. The van der Waals surface area contributed by atoms with Crippen LogP contribution in [0.5, 0.6) is 0 Å². The molecule has 1 fully saturated rings. The van der Waals surface area contributed by atoms with Crippen LogP contribution in [-0.4, -0.2) is 36.4 Å². The zero-order valence-corrected chi connectivity index (χ0v) is 11.8. The molecule has 20 heavy (non-hydrogen) atoms. The zero-order valence-electron chi connectivity index (χ0n) is 11.0. The standard InChI is InChI=1S/C14H17ClN2O3/c15-11-3-1-10(2-4-11)12-9-17(7-8-20-12)14(19)6-5-13(16)18/h1-4,12H,5-9H2,(H2,16,18)/t12-/m1/s1. The van der Waals surface area contributed by atoms with E-state index < -0.39 is 5.91 Å². The number of rotatable bonds is 4. The largest absolute Gasteiger partial charge is 0.370 e. The fourth-order valence-electron chi connectivity index (χ4n) is 2.14. The van der Waals surface area contributed by atoms with Gasteiger partial charge in [0.25, 0.3) is 0 Å². The van der Waals surface area contributed by atoms with Crippen LogP contribution in [-0.2, 0) is 14.3 Å². The van der Waals surface area contributed by atoms with Crippen LogP contribution < -0.4 is 5.73 Å². The van der Waals surface area contributed by atoms with Gasteiger partial charge in [0.05, 0.1) is 13.2 Å². The Morgan fingerprint density at radius 2 is 2.00 bits per heavy atom. The summed E-state index contributed by atoms with van der Waals surface area (Å²) >= 11 is 5.85. The van der Waals surface area contributed by atoms with Gasteiger partial charge in [-0.2, -0.15) is 0 Å². The molecule has 1 aromatic rings. The normalized spacial score (nSPS) is 18.9. The molecule has 0 radical (unpaired) electrons. The fourth-order valence-corrected chi connectivity index (χ4v) is 2.27. The summed E-state index contributed by atoms with van der Waals surface area (Å²) in [6.07, 6.45) is 0.0864. The number of nitrogens with two attached hydrogens (primary N) is 1. The van der Waals surface area contributed by atoms with Gasteiger partial charge in [-0.15, -0.1) is 0 Å². The van der Waals surface area contributed by atoms with Crippen LogP contribution in [0.3, 0.4) is 0 Å². The van der Waals surface area contributed by atoms with Gasteiger partial charge in [-0.25, -0.2) is 0 Å². The number of carbonyl (C=O) groups excluding carboxylic acids is 2. The van der Waals surface area contributed by atoms with Crippen molar-refractivity contribution in [2.75, 3.05) is 19.7 Å². The second-order valence-electron chi connectivity index (χ2n) is 4.72. The highest BCUT2D eigenvalue weighted by molar-refractivity contribution is 6.30. The van der Waals surface area contributed by atoms with Crippen molar-refractivity contribution < 1.29 is 14.3 Å². The summed E-state index contributed by atoms with van der Waals surface area (Å²) < 4.78 is 5.68. The van der Waals surface area contributed by atoms with Gasteiger partial charge in [-0.1, -0.05) is 23.7 Å². The number of hydrogen-bond donors (Lipinski definition) is 1. The predicted molar refractivity (Wildman–Crippen MR) is 75.2 cm³/mol. The molecule has 1 heterocycles. The Hall–Kier alpha value is -1.59. The number of amides is 2. The third-order valence-corrected chi connectivity index (χ3v) is 3.50. The first-order chi connectivity index (χ1) is 9.56. The molecule has 2 amide bonds. The molecule has 0 bridgehead atoms. The monoisotopic (exact) mass is 296 g/mol. The number of primary amides is 1. The molecule has 108 valence electrons. The van der Waals surface area contributed by atoms with Gasteiger partial charge in [0.15, 0.2) is 0 Å². The van der Waals surface area contributed by atoms with Crippen LogP contribution in [0.4, 0.5) is 0 Å². The van der Waals surface area contributed by atoms with E-state index in [-0.39, 0.29) is 24.9 Å². The van der Waals surface area contributed by atoms with E-state index in [2.05, 4.69) is 0 Å². The van der Waals surface area contributed by atoms with Crippen molar-refractivity contribution in [1.82, 2.24) is 4.90 Å². The third kappa shape index (κ3) is 3.95. The highest BCUT2D eigenvalue weighted by Crippen LogP contribution is 2.24. The highest BCUT2D eigenvalue weighted by Gasteiger charge is 2.25. The number of ether oxygens (including phenoxy) is 1. The molecule has 2 N–H and O–H groups in total. The third-order valence-electron chi connectivity index (χ3n) is 3.25. The van der Waals surface area contributed by atoms with Crippen molar-refractivity contribution in [1.29, 1.82) is 0 Å². The maximum Gasteiger partial charge on any atom is 0.223 e. The highest BCUT2D eigenvalue weighted by atomic mass is 35.5. The second-order valence-corrected chi connectivity index (χ2v) is 5.15.